The van der Waals surface area contributed by atoms with Crippen LogP contribution in [0.1, 0.15) is 25.6 Å². The summed E-state index contributed by atoms with van der Waals surface area (Å²) in [5.41, 5.74) is -0.516. The number of ether oxygens (including phenoxy) is 2. The van der Waals surface area contributed by atoms with Crippen molar-refractivity contribution in [1.82, 2.24) is 0 Å². The normalized spacial score (nSPS) is 11.1. The second-order valence-corrected chi connectivity index (χ2v) is 5.91. The van der Waals surface area contributed by atoms with E-state index in [0.29, 0.717) is 5.06 Å². The minimum absolute atomic E-state index is 0.185. The molecule has 0 atom stereocenters. The average Bonchev–Trinajstić information content (AvgIpc) is 2.59. The maximum Gasteiger partial charge on any atom is 0.370 e. The summed E-state index contributed by atoms with van der Waals surface area (Å²) in [6.07, 6.45) is 0. The van der Waals surface area contributed by atoms with E-state index in [1.165, 1.54) is 11.3 Å². The summed E-state index contributed by atoms with van der Waals surface area (Å²) in [5.74, 6) is -0.265. The standard InChI is InChI=1S/C11H14O4S2/c1-11(2,3)9(12)14-6-7-4-5-8(17-7)15-10(13)16/h4-5H,6H2,1-3H3,(H,13,16). The lowest BCUT2D eigenvalue weighted by atomic mass is 9.97. The first-order chi connectivity index (χ1) is 7.79. The monoisotopic (exact) mass is 274 g/mol. The molecule has 17 heavy (non-hydrogen) atoms. The van der Waals surface area contributed by atoms with Gasteiger partial charge in [0.1, 0.15) is 6.61 Å². The van der Waals surface area contributed by atoms with Crippen molar-refractivity contribution in [3.8, 4) is 5.06 Å². The molecule has 0 bridgehead atoms. The highest BCUT2D eigenvalue weighted by molar-refractivity contribution is 7.96. The molecule has 0 aliphatic carbocycles. The number of carbonyl (C=O) groups excluding carboxylic acids is 2. The van der Waals surface area contributed by atoms with E-state index >= 15 is 0 Å². The van der Waals surface area contributed by atoms with E-state index in [-0.39, 0.29) is 12.6 Å². The van der Waals surface area contributed by atoms with Gasteiger partial charge in [-0.3, -0.25) is 4.79 Å². The van der Waals surface area contributed by atoms with E-state index in [2.05, 4.69) is 12.6 Å². The van der Waals surface area contributed by atoms with Gasteiger partial charge in [-0.25, -0.2) is 4.79 Å². The zero-order valence-electron chi connectivity index (χ0n) is 9.85. The van der Waals surface area contributed by atoms with Gasteiger partial charge in [-0.05, 0) is 32.9 Å². The summed E-state index contributed by atoms with van der Waals surface area (Å²) in [6.45, 7) is 5.55. The van der Waals surface area contributed by atoms with Crippen LogP contribution in [0.5, 0.6) is 5.06 Å². The predicted molar refractivity (Wildman–Crippen MR) is 68.6 cm³/mol. The molecule has 1 heterocycles. The maximum absolute atomic E-state index is 11.5. The Morgan fingerprint density at radius 3 is 2.53 bits per heavy atom. The van der Waals surface area contributed by atoms with Gasteiger partial charge >= 0.3 is 11.3 Å². The van der Waals surface area contributed by atoms with Crippen LogP contribution in [0.3, 0.4) is 0 Å². The summed E-state index contributed by atoms with van der Waals surface area (Å²) < 4.78 is 9.89. The number of esters is 1. The van der Waals surface area contributed by atoms with Gasteiger partial charge in [0.15, 0.2) is 5.06 Å². The van der Waals surface area contributed by atoms with Crippen LogP contribution < -0.4 is 4.74 Å². The van der Waals surface area contributed by atoms with Crippen LogP contribution in [0.15, 0.2) is 12.1 Å². The molecule has 4 nitrogen and oxygen atoms in total. The van der Waals surface area contributed by atoms with Crippen molar-refractivity contribution < 1.29 is 19.1 Å². The zero-order valence-corrected chi connectivity index (χ0v) is 11.6. The van der Waals surface area contributed by atoms with E-state index in [0.717, 1.165) is 4.88 Å². The molecule has 0 aromatic carbocycles. The van der Waals surface area contributed by atoms with E-state index in [9.17, 15) is 9.59 Å². The third-order valence-electron chi connectivity index (χ3n) is 1.78. The Morgan fingerprint density at radius 2 is 2.00 bits per heavy atom. The fourth-order valence-corrected chi connectivity index (χ4v) is 1.86. The molecule has 6 heteroatoms. The largest absolute Gasteiger partial charge is 0.460 e. The predicted octanol–water partition coefficient (Wildman–Crippen LogP) is 3.27. The quantitative estimate of drug-likeness (QED) is 0.679. The van der Waals surface area contributed by atoms with Crippen molar-refractivity contribution in [3.05, 3.63) is 17.0 Å². The summed E-state index contributed by atoms with van der Waals surface area (Å²) in [7, 11) is 0. The lowest BCUT2D eigenvalue weighted by molar-refractivity contribution is -0.154. The molecule has 0 fully saturated rings. The highest BCUT2D eigenvalue weighted by Gasteiger charge is 2.23. The lowest BCUT2D eigenvalue weighted by Crippen LogP contribution is -2.22. The lowest BCUT2D eigenvalue weighted by Gasteiger charge is -2.15. The van der Waals surface area contributed by atoms with Gasteiger partial charge in [-0.15, -0.1) is 0 Å². The Bertz CT molecular complexity index is 417. The Hall–Kier alpha value is -1.01. The molecule has 1 rings (SSSR count). The molecule has 0 saturated heterocycles. The summed E-state index contributed by atoms with van der Waals surface area (Å²) in [5, 5.41) is -0.225. The molecule has 1 aromatic heterocycles. The molecule has 94 valence electrons. The second kappa shape index (κ2) is 5.55. The minimum atomic E-state index is -0.662. The minimum Gasteiger partial charge on any atom is -0.460 e. The molecule has 0 spiro atoms. The molecule has 0 aliphatic rings. The van der Waals surface area contributed by atoms with Crippen LogP contribution in [-0.2, 0) is 16.1 Å². The third-order valence-corrected chi connectivity index (χ3v) is 2.81. The van der Waals surface area contributed by atoms with Crippen molar-refractivity contribution >= 4 is 35.2 Å². The highest BCUT2D eigenvalue weighted by atomic mass is 32.1. The smallest absolute Gasteiger partial charge is 0.370 e. The first-order valence-electron chi connectivity index (χ1n) is 4.96. The van der Waals surface area contributed by atoms with E-state index in [1.807, 2.05) is 0 Å². The summed E-state index contributed by atoms with van der Waals surface area (Å²) in [6, 6.07) is 3.38. The molecule has 1 aromatic rings. The van der Waals surface area contributed by atoms with Gasteiger partial charge < -0.3 is 9.47 Å². The fourth-order valence-electron chi connectivity index (χ4n) is 0.930. The molecule has 0 saturated carbocycles. The first kappa shape index (κ1) is 14.1. The van der Waals surface area contributed by atoms with Crippen LogP contribution in [-0.4, -0.2) is 11.3 Å². The number of hydrogen-bond donors (Lipinski definition) is 1. The molecule has 0 aliphatic heterocycles. The molecule has 0 N–H and O–H groups in total. The number of rotatable bonds is 3. The SMILES string of the molecule is CC(C)(C)C(=O)OCc1ccc(OC(=O)S)s1. The van der Waals surface area contributed by atoms with Crippen LogP contribution in [0.2, 0.25) is 0 Å². The van der Waals surface area contributed by atoms with E-state index < -0.39 is 10.7 Å². The Balaban J connectivity index is 2.50. The fraction of sp³-hybridized carbons (Fsp3) is 0.455. The van der Waals surface area contributed by atoms with Crippen molar-refractivity contribution in [2.75, 3.05) is 0 Å². The molecule has 0 amide bonds. The summed E-state index contributed by atoms with van der Waals surface area (Å²) >= 11 is 4.75. The maximum atomic E-state index is 11.5. The van der Waals surface area contributed by atoms with Gasteiger partial charge in [0.05, 0.1) is 5.41 Å². The second-order valence-electron chi connectivity index (χ2n) is 4.41. The van der Waals surface area contributed by atoms with Gasteiger partial charge in [0.2, 0.25) is 0 Å². The van der Waals surface area contributed by atoms with Crippen LogP contribution in [0.4, 0.5) is 4.79 Å². The number of carbonyl (C=O) groups is 2. The van der Waals surface area contributed by atoms with Gasteiger partial charge in [-0.2, -0.15) is 0 Å². The van der Waals surface area contributed by atoms with Crippen LogP contribution in [0.25, 0.3) is 0 Å². The Morgan fingerprint density at radius 1 is 1.35 bits per heavy atom. The average molecular weight is 274 g/mol. The van der Waals surface area contributed by atoms with Gasteiger partial charge in [0, 0.05) is 4.88 Å². The Kier molecular flexibility index (Phi) is 4.59. The third kappa shape index (κ3) is 4.79. The highest BCUT2D eigenvalue weighted by Crippen LogP contribution is 2.26. The van der Waals surface area contributed by atoms with E-state index in [4.69, 9.17) is 9.47 Å². The number of hydrogen-bond acceptors (Lipinski definition) is 5. The zero-order chi connectivity index (χ0) is 13.1. The van der Waals surface area contributed by atoms with Crippen molar-refractivity contribution in [2.45, 2.75) is 27.4 Å². The number of thiol groups is 1. The van der Waals surface area contributed by atoms with Gasteiger partial charge in [0.25, 0.3) is 0 Å². The molecular formula is C11H14O4S2. The van der Waals surface area contributed by atoms with Gasteiger partial charge in [-0.1, -0.05) is 24.0 Å². The van der Waals surface area contributed by atoms with Crippen molar-refractivity contribution in [1.29, 1.82) is 0 Å². The topological polar surface area (TPSA) is 52.6 Å². The van der Waals surface area contributed by atoms with Crippen LogP contribution >= 0.6 is 24.0 Å². The summed E-state index contributed by atoms with van der Waals surface area (Å²) in [4.78, 5) is 22.9. The van der Waals surface area contributed by atoms with Crippen molar-refractivity contribution in [2.24, 2.45) is 5.41 Å². The first-order valence-corrected chi connectivity index (χ1v) is 6.22. The van der Waals surface area contributed by atoms with Crippen molar-refractivity contribution in [3.63, 3.8) is 0 Å². The molecule has 0 unspecified atom stereocenters. The molecular weight excluding hydrogens is 260 g/mol. The van der Waals surface area contributed by atoms with Crippen LogP contribution in [0, 0.1) is 5.41 Å². The molecule has 0 radical (unpaired) electrons. The number of thiophene rings is 1. The Labute approximate surface area is 109 Å². The van der Waals surface area contributed by atoms with E-state index in [1.54, 1.807) is 32.9 Å².